The molecule has 2 aromatic carbocycles. The minimum Gasteiger partial charge on any atom is -0.408 e. The van der Waals surface area contributed by atoms with Crippen LogP contribution in [-0.2, 0) is 6.42 Å². The third kappa shape index (κ3) is 2.79. The lowest BCUT2D eigenvalue weighted by molar-refractivity contribution is 0.460. The third-order valence-electron chi connectivity index (χ3n) is 5.80. The molecule has 2 aromatic heterocycles. The molecule has 5 rings (SSSR count). The first kappa shape index (κ1) is 16.4. The van der Waals surface area contributed by atoms with E-state index < -0.39 is 5.76 Å². The van der Waals surface area contributed by atoms with Gasteiger partial charge in [-0.3, -0.25) is 4.98 Å². The molecule has 0 amide bonds. The highest BCUT2D eigenvalue weighted by atomic mass is 16.4. The Labute approximate surface area is 156 Å². The van der Waals surface area contributed by atoms with Crippen LogP contribution in [0.4, 0.5) is 0 Å². The van der Waals surface area contributed by atoms with Gasteiger partial charge in [0.05, 0.1) is 5.52 Å². The molecule has 3 heterocycles. The summed E-state index contributed by atoms with van der Waals surface area (Å²) in [6.45, 7) is 4.40. The summed E-state index contributed by atoms with van der Waals surface area (Å²) in [5.74, 6) is 0.229. The molecule has 4 aromatic rings. The number of H-pyrrole nitrogens is 2. The van der Waals surface area contributed by atoms with Gasteiger partial charge in [0.25, 0.3) is 0 Å². The average molecular weight is 361 g/mol. The average Bonchev–Trinajstić information content (AvgIpc) is 3.26. The number of hydrogen-bond acceptors (Lipinski definition) is 3. The van der Waals surface area contributed by atoms with E-state index in [0.717, 1.165) is 36.3 Å². The van der Waals surface area contributed by atoms with Gasteiger partial charge in [-0.05, 0) is 79.7 Å². The molecule has 0 spiro atoms. The standard InChI is InChI=1S/C22H23N3O2/c1-2-16-17-11-14(13-7-9-23-10-8-13)3-5-18(17)24-21(16)15-4-6-20-19(12-15)25-22(26)27-20/h3-6,11-13,23-24H,2,7-10H2,1H3,(H,25,26). The van der Waals surface area contributed by atoms with E-state index in [0.29, 0.717) is 11.5 Å². The summed E-state index contributed by atoms with van der Waals surface area (Å²) < 4.78 is 5.13. The second-order valence-corrected chi connectivity index (χ2v) is 7.39. The molecule has 27 heavy (non-hydrogen) atoms. The summed E-state index contributed by atoms with van der Waals surface area (Å²) in [5, 5.41) is 4.76. The Morgan fingerprint density at radius 1 is 1.04 bits per heavy atom. The van der Waals surface area contributed by atoms with Gasteiger partial charge in [-0.15, -0.1) is 0 Å². The summed E-state index contributed by atoms with van der Waals surface area (Å²) in [6, 6.07) is 12.7. The Morgan fingerprint density at radius 3 is 2.70 bits per heavy atom. The Morgan fingerprint density at radius 2 is 1.89 bits per heavy atom. The summed E-state index contributed by atoms with van der Waals surface area (Å²) in [4.78, 5) is 17.8. The normalized spacial score (nSPS) is 15.7. The van der Waals surface area contributed by atoms with Gasteiger partial charge in [-0.2, -0.15) is 0 Å². The van der Waals surface area contributed by atoms with Crippen molar-refractivity contribution < 1.29 is 4.42 Å². The van der Waals surface area contributed by atoms with Crippen LogP contribution in [0.25, 0.3) is 33.3 Å². The maximum absolute atomic E-state index is 11.5. The Balaban J connectivity index is 1.63. The first-order chi connectivity index (χ1) is 13.2. The highest BCUT2D eigenvalue weighted by molar-refractivity contribution is 5.92. The molecular formula is C22H23N3O2. The van der Waals surface area contributed by atoms with Crippen LogP contribution in [-0.4, -0.2) is 23.1 Å². The molecule has 0 atom stereocenters. The fourth-order valence-corrected chi connectivity index (χ4v) is 4.40. The Hall–Kier alpha value is -2.79. The monoisotopic (exact) mass is 361 g/mol. The second kappa shape index (κ2) is 6.43. The fourth-order valence-electron chi connectivity index (χ4n) is 4.40. The maximum Gasteiger partial charge on any atom is 0.417 e. The van der Waals surface area contributed by atoms with E-state index in [2.05, 4.69) is 40.4 Å². The number of benzene rings is 2. The number of aryl methyl sites for hydroxylation is 1. The first-order valence-electron chi connectivity index (χ1n) is 9.71. The van der Waals surface area contributed by atoms with Crippen molar-refractivity contribution in [1.29, 1.82) is 0 Å². The van der Waals surface area contributed by atoms with Crippen LogP contribution >= 0.6 is 0 Å². The van der Waals surface area contributed by atoms with Crippen molar-refractivity contribution in [3.8, 4) is 11.3 Å². The zero-order chi connectivity index (χ0) is 18.4. The predicted octanol–water partition coefficient (Wildman–Crippen LogP) is 4.30. The van der Waals surface area contributed by atoms with Crippen molar-refractivity contribution in [3.63, 3.8) is 0 Å². The van der Waals surface area contributed by atoms with Crippen LogP contribution in [0.3, 0.4) is 0 Å². The zero-order valence-corrected chi connectivity index (χ0v) is 15.4. The number of aromatic nitrogens is 2. The van der Waals surface area contributed by atoms with Crippen LogP contribution < -0.4 is 11.1 Å². The number of piperidine rings is 1. The Kier molecular flexibility index (Phi) is 3.90. The lowest BCUT2D eigenvalue weighted by atomic mass is 9.89. The molecular weight excluding hydrogens is 338 g/mol. The molecule has 0 aliphatic carbocycles. The molecule has 1 aliphatic rings. The van der Waals surface area contributed by atoms with E-state index in [1.807, 2.05) is 18.2 Å². The molecule has 3 N–H and O–H groups in total. The number of hydrogen-bond donors (Lipinski definition) is 3. The zero-order valence-electron chi connectivity index (χ0n) is 15.4. The smallest absolute Gasteiger partial charge is 0.408 e. The molecule has 5 heteroatoms. The van der Waals surface area contributed by atoms with Gasteiger partial charge in [-0.1, -0.05) is 13.0 Å². The van der Waals surface area contributed by atoms with Crippen molar-refractivity contribution in [2.75, 3.05) is 13.1 Å². The molecule has 138 valence electrons. The van der Waals surface area contributed by atoms with Crippen LogP contribution in [0.1, 0.15) is 36.8 Å². The van der Waals surface area contributed by atoms with Crippen LogP contribution in [0.5, 0.6) is 0 Å². The third-order valence-corrected chi connectivity index (χ3v) is 5.80. The summed E-state index contributed by atoms with van der Waals surface area (Å²) in [6.07, 6.45) is 3.36. The molecule has 0 saturated carbocycles. The Bertz CT molecular complexity index is 1180. The minimum atomic E-state index is -0.416. The van der Waals surface area contributed by atoms with Crippen molar-refractivity contribution in [2.24, 2.45) is 0 Å². The predicted molar refractivity (Wildman–Crippen MR) is 108 cm³/mol. The minimum absolute atomic E-state index is 0.416. The van der Waals surface area contributed by atoms with Gasteiger partial charge < -0.3 is 14.7 Å². The molecule has 1 saturated heterocycles. The van der Waals surface area contributed by atoms with E-state index in [-0.39, 0.29) is 0 Å². The molecule has 1 aliphatic heterocycles. The lowest BCUT2D eigenvalue weighted by Crippen LogP contribution is -2.26. The molecule has 0 bridgehead atoms. The number of nitrogens with one attached hydrogen (secondary N) is 3. The molecule has 0 unspecified atom stereocenters. The maximum atomic E-state index is 11.5. The largest absolute Gasteiger partial charge is 0.417 e. The van der Waals surface area contributed by atoms with Crippen molar-refractivity contribution in [3.05, 3.63) is 58.1 Å². The highest BCUT2D eigenvalue weighted by Gasteiger charge is 2.18. The van der Waals surface area contributed by atoms with Crippen molar-refractivity contribution >= 4 is 22.0 Å². The topological polar surface area (TPSA) is 73.8 Å². The number of fused-ring (bicyclic) bond motifs is 2. The van der Waals surface area contributed by atoms with E-state index in [1.54, 1.807) is 0 Å². The van der Waals surface area contributed by atoms with Crippen LogP contribution in [0.2, 0.25) is 0 Å². The molecule has 0 radical (unpaired) electrons. The first-order valence-corrected chi connectivity index (χ1v) is 9.71. The van der Waals surface area contributed by atoms with Gasteiger partial charge in [0.15, 0.2) is 5.58 Å². The van der Waals surface area contributed by atoms with E-state index in [1.165, 1.54) is 34.9 Å². The SMILES string of the molecule is CCc1c(-c2ccc3oc(=O)[nH]c3c2)[nH]c2ccc(C3CCNCC3)cc12. The van der Waals surface area contributed by atoms with E-state index in [9.17, 15) is 4.79 Å². The second-order valence-electron chi connectivity index (χ2n) is 7.39. The van der Waals surface area contributed by atoms with Gasteiger partial charge in [0, 0.05) is 22.2 Å². The quantitative estimate of drug-likeness (QED) is 0.509. The van der Waals surface area contributed by atoms with Crippen LogP contribution in [0, 0.1) is 0 Å². The lowest BCUT2D eigenvalue weighted by Gasteiger charge is -2.23. The van der Waals surface area contributed by atoms with Crippen molar-refractivity contribution in [2.45, 2.75) is 32.1 Å². The fraction of sp³-hybridized carbons (Fsp3) is 0.318. The van der Waals surface area contributed by atoms with E-state index in [4.69, 9.17) is 4.42 Å². The summed E-state index contributed by atoms with van der Waals surface area (Å²) in [5.41, 5.74) is 7.44. The number of rotatable bonds is 3. The van der Waals surface area contributed by atoms with Gasteiger partial charge in [0.2, 0.25) is 0 Å². The van der Waals surface area contributed by atoms with Crippen molar-refractivity contribution in [1.82, 2.24) is 15.3 Å². The summed E-state index contributed by atoms with van der Waals surface area (Å²) >= 11 is 0. The van der Waals surface area contributed by atoms with Crippen LogP contribution in [0.15, 0.2) is 45.6 Å². The summed E-state index contributed by atoms with van der Waals surface area (Å²) in [7, 11) is 0. The van der Waals surface area contributed by atoms with Gasteiger partial charge in [0.1, 0.15) is 0 Å². The molecule has 5 nitrogen and oxygen atoms in total. The van der Waals surface area contributed by atoms with Gasteiger partial charge in [-0.25, -0.2) is 4.79 Å². The van der Waals surface area contributed by atoms with Gasteiger partial charge >= 0.3 is 5.76 Å². The number of oxazole rings is 1. The highest BCUT2D eigenvalue weighted by Crippen LogP contribution is 2.35. The number of aromatic amines is 2. The molecule has 1 fully saturated rings. The van der Waals surface area contributed by atoms with E-state index >= 15 is 0 Å².